The Morgan fingerprint density at radius 1 is 1.36 bits per heavy atom. The monoisotopic (exact) mass is 211 g/mol. The van der Waals surface area contributed by atoms with Crippen molar-refractivity contribution < 1.29 is 4.79 Å². The smallest absolute Gasteiger partial charge is 0.139 e. The Labute approximate surface area is 89.4 Å². The van der Waals surface area contributed by atoms with Crippen molar-refractivity contribution >= 4 is 17.1 Å². The molecule has 0 aliphatic carbocycles. The molecule has 0 fully saturated rings. The maximum atomic E-state index is 11.5. The van der Waals surface area contributed by atoms with E-state index in [9.17, 15) is 4.79 Å². The molecule has 0 saturated heterocycles. The first kappa shape index (κ1) is 11.4. The minimum atomic E-state index is -0.0209. The molecule has 1 heterocycles. The predicted octanol–water partition coefficient (Wildman–Crippen LogP) is 3.09. The van der Waals surface area contributed by atoms with Gasteiger partial charge < -0.3 is 0 Å². The number of nitrogens with zero attached hydrogens (tertiary/aromatic N) is 1. The summed E-state index contributed by atoms with van der Waals surface area (Å²) in [5.74, 6) is 0.526. The van der Waals surface area contributed by atoms with Gasteiger partial charge in [-0.25, -0.2) is 4.98 Å². The zero-order valence-corrected chi connectivity index (χ0v) is 10.2. The molecule has 1 aromatic rings. The van der Waals surface area contributed by atoms with Gasteiger partial charge in [0.05, 0.1) is 11.6 Å². The largest absolute Gasteiger partial charge is 0.299 e. The quantitative estimate of drug-likeness (QED) is 0.769. The fraction of sp³-hybridized carbons (Fsp3) is 0.636. The van der Waals surface area contributed by atoms with E-state index in [1.807, 2.05) is 13.8 Å². The van der Waals surface area contributed by atoms with Gasteiger partial charge in [0, 0.05) is 4.88 Å². The summed E-state index contributed by atoms with van der Waals surface area (Å²) in [5.41, 5.74) is 1.05. The van der Waals surface area contributed by atoms with Crippen LogP contribution >= 0.6 is 11.3 Å². The van der Waals surface area contributed by atoms with Crippen molar-refractivity contribution in [2.24, 2.45) is 5.92 Å². The molecule has 2 nitrogen and oxygen atoms in total. The van der Waals surface area contributed by atoms with Gasteiger partial charge in [0.2, 0.25) is 0 Å². The second-order valence-electron chi connectivity index (χ2n) is 4.03. The summed E-state index contributed by atoms with van der Waals surface area (Å²) in [6.07, 6.45) is 0. The number of aryl methyl sites for hydroxylation is 2. The molecular formula is C11H17NOS. The highest BCUT2D eigenvalue weighted by Crippen LogP contribution is 2.30. The van der Waals surface area contributed by atoms with Gasteiger partial charge in [0.1, 0.15) is 10.8 Å². The molecule has 0 radical (unpaired) electrons. The van der Waals surface area contributed by atoms with Crippen molar-refractivity contribution in [3.8, 4) is 0 Å². The van der Waals surface area contributed by atoms with Gasteiger partial charge in [-0.1, -0.05) is 13.8 Å². The summed E-state index contributed by atoms with van der Waals surface area (Å²) < 4.78 is 0. The van der Waals surface area contributed by atoms with E-state index in [0.29, 0.717) is 5.92 Å². The number of hydrogen-bond acceptors (Lipinski definition) is 3. The van der Waals surface area contributed by atoms with Crippen LogP contribution in [-0.2, 0) is 4.79 Å². The van der Waals surface area contributed by atoms with E-state index in [2.05, 4.69) is 18.8 Å². The number of carbonyl (C=O) groups excluding carboxylic acids is 1. The van der Waals surface area contributed by atoms with Gasteiger partial charge in [-0.3, -0.25) is 4.79 Å². The number of rotatable bonds is 3. The van der Waals surface area contributed by atoms with Crippen molar-refractivity contribution in [1.29, 1.82) is 0 Å². The lowest BCUT2D eigenvalue weighted by atomic mass is 9.93. The molecule has 0 spiro atoms. The van der Waals surface area contributed by atoms with E-state index in [1.165, 1.54) is 4.88 Å². The average Bonchev–Trinajstić information content (AvgIpc) is 2.29. The van der Waals surface area contributed by atoms with Crippen LogP contribution in [0.15, 0.2) is 0 Å². The molecule has 0 amide bonds. The Kier molecular flexibility index (Phi) is 3.43. The zero-order valence-electron chi connectivity index (χ0n) is 9.42. The second kappa shape index (κ2) is 4.22. The minimum absolute atomic E-state index is 0.0209. The van der Waals surface area contributed by atoms with Gasteiger partial charge in [-0.2, -0.15) is 0 Å². The lowest BCUT2D eigenvalue weighted by Gasteiger charge is -2.14. The summed E-state index contributed by atoms with van der Waals surface area (Å²) in [4.78, 5) is 17.1. The highest BCUT2D eigenvalue weighted by Gasteiger charge is 2.24. The minimum Gasteiger partial charge on any atom is -0.299 e. The third-order valence-corrected chi connectivity index (χ3v) is 3.57. The standard InChI is InChI=1S/C11H17NOS/c1-6(2)10(8(4)13)11-12-7(3)9(5)14-11/h6,10H,1-5H3. The number of thiazole rings is 1. The van der Waals surface area contributed by atoms with E-state index < -0.39 is 0 Å². The van der Waals surface area contributed by atoms with Crippen LogP contribution in [0.1, 0.15) is 42.3 Å². The highest BCUT2D eigenvalue weighted by molar-refractivity contribution is 7.11. The third-order valence-electron chi connectivity index (χ3n) is 2.42. The molecule has 1 aromatic heterocycles. The SMILES string of the molecule is CC(=O)C(c1nc(C)c(C)s1)C(C)C. The molecule has 1 unspecified atom stereocenters. The number of Topliss-reactive ketones (excluding diaryl/α,β-unsaturated/α-hetero) is 1. The Balaban J connectivity index is 3.05. The molecule has 14 heavy (non-hydrogen) atoms. The van der Waals surface area contributed by atoms with Crippen LogP contribution in [0.3, 0.4) is 0 Å². The molecule has 3 heteroatoms. The third kappa shape index (κ3) is 2.21. The lowest BCUT2D eigenvalue weighted by Crippen LogP contribution is -2.14. The van der Waals surface area contributed by atoms with Crippen LogP contribution in [-0.4, -0.2) is 10.8 Å². The van der Waals surface area contributed by atoms with Crippen LogP contribution in [0.5, 0.6) is 0 Å². The van der Waals surface area contributed by atoms with Gasteiger partial charge in [-0.05, 0) is 26.7 Å². The molecule has 0 saturated carbocycles. The van der Waals surface area contributed by atoms with Crippen molar-refractivity contribution in [1.82, 2.24) is 4.98 Å². The number of ketones is 1. The average molecular weight is 211 g/mol. The van der Waals surface area contributed by atoms with Crippen molar-refractivity contribution in [2.75, 3.05) is 0 Å². The normalized spacial score (nSPS) is 13.3. The number of carbonyl (C=O) groups is 1. The van der Waals surface area contributed by atoms with Gasteiger partial charge >= 0.3 is 0 Å². The molecular weight excluding hydrogens is 194 g/mol. The lowest BCUT2D eigenvalue weighted by molar-refractivity contribution is -0.119. The van der Waals surface area contributed by atoms with Crippen molar-refractivity contribution in [3.05, 3.63) is 15.6 Å². The molecule has 78 valence electrons. The molecule has 0 aliphatic heterocycles. The van der Waals surface area contributed by atoms with Gasteiger partial charge in [0.15, 0.2) is 0 Å². The summed E-state index contributed by atoms with van der Waals surface area (Å²) >= 11 is 1.65. The fourth-order valence-corrected chi connectivity index (χ4v) is 2.81. The second-order valence-corrected chi connectivity index (χ2v) is 5.26. The van der Waals surface area contributed by atoms with Crippen molar-refractivity contribution in [2.45, 2.75) is 40.5 Å². The number of aromatic nitrogens is 1. The molecule has 0 bridgehead atoms. The summed E-state index contributed by atoms with van der Waals surface area (Å²) in [6, 6.07) is 0. The summed E-state index contributed by atoms with van der Waals surface area (Å²) in [7, 11) is 0. The fourth-order valence-electron chi connectivity index (χ4n) is 1.56. The van der Waals surface area contributed by atoms with Gasteiger partial charge in [0.25, 0.3) is 0 Å². The Hall–Kier alpha value is -0.700. The molecule has 1 rings (SSSR count). The predicted molar refractivity (Wildman–Crippen MR) is 59.8 cm³/mol. The molecule has 0 N–H and O–H groups in total. The molecule has 1 atom stereocenters. The topological polar surface area (TPSA) is 30.0 Å². The summed E-state index contributed by atoms with van der Waals surface area (Å²) in [6.45, 7) is 9.83. The molecule has 0 aromatic carbocycles. The van der Waals surface area contributed by atoms with Crippen LogP contribution in [0.4, 0.5) is 0 Å². The number of hydrogen-bond donors (Lipinski definition) is 0. The Bertz CT molecular complexity index is 322. The van der Waals surface area contributed by atoms with E-state index in [4.69, 9.17) is 0 Å². The van der Waals surface area contributed by atoms with Gasteiger partial charge in [-0.15, -0.1) is 11.3 Å². The maximum Gasteiger partial charge on any atom is 0.139 e. The maximum absolute atomic E-state index is 11.5. The van der Waals surface area contributed by atoms with Crippen LogP contribution < -0.4 is 0 Å². The van der Waals surface area contributed by atoms with E-state index >= 15 is 0 Å². The van der Waals surface area contributed by atoms with Crippen molar-refractivity contribution in [3.63, 3.8) is 0 Å². The van der Waals surface area contributed by atoms with E-state index in [1.54, 1.807) is 18.3 Å². The van der Waals surface area contributed by atoms with Crippen LogP contribution in [0, 0.1) is 19.8 Å². The first-order chi connectivity index (χ1) is 6.43. The van der Waals surface area contributed by atoms with E-state index in [-0.39, 0.29) is 11.7 Å². The zero-order chi connectivity index (χ0) is 10.9. The van der Waals surface area contributed by atoms with Crippen LogP contribution in [0.2, 0.25) is 0 Å². The first-order valence-corrected chi connectivity index (χ1v) is 5.69. The first-order valence-electron chi connectivity index (χ1n) is 4.87. The van der Waals surface area contributed by atoms with E-state index in [0.717, 1.165) is 10.7 Å². The Morgan fingerprint density at radius 2 is 1.93 bits per heavy atom. The molecule has 0 aliphatic rings. The summed E-state index contributed by atoms with van der Waals surface area (Å²) in [5, 5.41) is 0.975. The van der Waals surface area contributed by atoms with Crippen LogP contribution in [0.25, 0.3) is 0 Å². The highest BCUT2D eigenvalue weighted by atomic mass is 32.1. The Morgan fingerprint density at radius 3 is 2.21 bits per heavy atom.